The van der Waals surface area contributed by atoms with Crippen molar-refractivity contribution in [2.45, 2.75) is 31.0 Å². The molecule has 0 amide bonds. The van der Waals surface area contributed by atoms with E-state index in [-0.39, 0.29) is 5.56 Å². The SMILES string of the molecule is CCc1cc2ccccc2c(=O)n1Cc1ccc(-c2ccccc2C2(C(c3ccccc3)(c3ccccc3)c3ccccc3)N=NN=N2)cc1. The lowest BCUT2D eigenvalue weighted by molar-refractivity contribution is 0.318. The highest BCUT2D eigenvalue weighted by Crippen LogP contribution is 2.58. The van der Waals surface area contributed by atoms with Gasteiger partial charge in [-0.2, -0.15) is 0 Å². The van der Waals surface area contributed by atoms with Gasteiger partial charge >= 0.3 is 0 Å². The average Bonchev–Trinajstić information content (AvgIpc) is 3.69. The summed E-state index contributed by atoms with van der Waals surface area (Å²) in [4.78, 5) is 13.6. The van der Waals surface area contributed by atoms with Crippen molar-refractivity contribution in [1.29, 1.82) is 0 Å². The van der Waals surface area contributed by atoms with Gasteiger partial charge in [0, 0.05) is 16.6 Å². The summed E-state index contributed by atoms with van der Waals surface area (Å²) in [6.45, 7) is 2.58. The first-order valence-corrected chi connectivity index (χ1v) is 17.0. The Morgan fingerprint density at radius 2 is 1.12 bits per heavy atom. The van der Waals surface area contributed by atoms with Crippen molar-refractivity contribution in [3.63, 3.8) is 0 Å². The number of hydrogen-bond acceptors (Lipinski definition) is 5. The van der Waals surface area contributed by atoms with Gasteiger partial charge in [-0.15, -0.1) is 10.2 Å². The van der Waals surface area contributed by atoms with Crippen molar-refractivity contribution < 1.29 is 0 Å². The summed E-state index contributed by atoms with van der Waals surface area (Å²) in [5.74, 6) is 0. The molecule has 6 aromatic carbocycles. The van der Waals surface area contributed by atoms with Gasteiger partial charge in [0.2, 0.25) is 5.66 Å². The molecule has 7 aromatic rings. The molecular formula is C44H35N5O. The van der Waals surface area contributed by atoms with Crippen molar-refractivity contribution in [2.24, 2.45) is 20.7 Å². The van der Waals surface area contributed by atoms with E-state index in [2.05, 4.69) is 133 Å². The van der Waals surface area contributed by atoms with Crippen LogP contribution in [0.5, 0.6) is 0 Å². The third kappa shape index (κ3) is 4.99. The molecule has 1 aromatic heterocycles. The summed E-state index contributed by atoms with van der Waals surface area (Å²) < 4.78 is 1.90. The van der Waals surface area contributed by atoms with Crippen LogP contribution in [0.25, 0.3) is 21.9 Å². The number of hydrogen-bond donors (Lipinski definition) is 0. The molecule has 0 atom stereocenters. The van der Waals surface area contributed by atoms with Crippen LogP contribution in [0, 0.1) is 0 Å². The minimum atomic E-state index is -1.28. The van der Waals surface area contributed by atoms with Gasteiger partial charge in [0.25, 0.3) is 5.56 Å². The van der Waals surface area contributed by atoms with Gasteiger partial charge in [-0.25, -0.2) is 0 Å². The molecule has 0 unspecified atom stereocenters. The molecule has 0 saturated heterocycles. The standard InChI is InChI=1S/C44H35N5O/c1-2-38-30-34-16-12-13-24-40(34)42(50)49(38)31-32-26-28-33(29-27-32)39-23-14-15-25-41(39)44(45-47-48-46-44)43(35-17-6-3-7-18-35,36-19-8-4-9-20-36)37-21-10-5-11-22-37/h3-30H,2,31H2,1H3. The van der Waals surface area contributed by atoms with Crippen LogP contribution in [-0.2, 0) is 24.0 Å². The van der Waals surface area contributed by atoms with Gasteiger partial charge < -0.3 is 4.57 Å². The molecule has 0 N–H and O–H groups in total. The smallest absolute Gasteiger partial charge is 0.258 e. The van der Waals surface area contributed by atoms with E-state index in [1.54, 1.807) is 0 Å². The van der Waals surface area contributed by atoms with Crippen LogP contribution in [0.1, 0.15) is 40.4 Å². The largest absolute Gasteiger partial charge is 0.308 e. The molecule has 242 valence electrons. The number of benzene rings is 6. The van der Waals surface area contributed by atoms with Crippen LogP contribution in [0.4, 0.5) is 0 Å². The van der Waals surface area contributed by atoms with Crippen molar-refractivity contribution in [3.8, 4) is 11.1 Å². The molecule has 1 aliphatic rings. The maximum absolute atomic E-state index is 13.6. The monoisotopic (exact) mass is 649 g/mol. The predicted molar refractivity (Wildman–Crippen MR) is 199 cm³/mol. The highest BCUT2D eigenvalue weighted by atomic mass is 16.1. The van der Waals surface area contributed by atoms with Crippen molar-refractivity contribution >= 4 is 10.8 Å². The zero-order valence-electron chi connectivity index (χ0n) is 27.7. The van der Waals surface area contributed by atoms with Gasteiger partial charge in [0.15, 0.2) is 0 Å². The summed E-state index contributed by atoms with van der Waals surface area (Å²) in [5.41, 5.74) is 5.82. The third-order valence-electron chi connectivity index (χ3n) is 9.94. The number of nitrogens with zero attached hydrogens (tertiary/aromatic N) is 5. The number of fused-ring (bicyclic) bond motifs is 1. The highest BCUT2D eigenvalue weighted by Gasteiger charge is 2.60. The molecular weight excluding hydrogens is 615 g/mol. The van der Waals surface area contributed by atoms with Crippen LogP contribution in [0.3, 0.4) is 0 Å². The lowest BCUT2D eigenvalue weighted by Crippen LogP contribution is -2.48. The van der Waals surface area contributed by atoms with Crippen LogP contribution in [0.15, 0.2) is 195 Å². The van der Waals surface area contributed by atoms with E-state index in [0.717, 1.165) is 61.8 Å². The minimum Gasteiger partial charge on any atom is -0.308 e. The number of aromatic nitrogens is 1. The summed E-state index contributed by atoms with van der Waals surface area (Å²) in [6.07, 6.45) is 0.767. The van der Waals surface area contributed by atoms with Gasteiger partial charge in [-0.05, 0) is 67.8 Å². The lowest BCUT2D eigenvalue weighted by Gasteiger charge is -2.45. The normalized spacial score (nSPS) is 13.5. The van der Waals surface area contributed by atoms with E-state index in [0.29, 0.717) is 6.54 Å². The Hall–Kier alpha value is -6.27. The predicted octanol–water partition coefficient (Wildman–Crippen LogP) is 10.3. The van der Waals surface area contributed by atoms with E-state index in [1.165, 1.54) is 0 Å². The van der Waals surface area contributed by atoms with Gasteiger partial charge in [0.05, 0.1) is 12.0 Å². The van der Waals surface area contributed by atoms with Crippen LogP contribution in [0.2, 0.25) is 0 Å². The molecule has 0 fully saturated rings. The second-order valence-electron chi connectivity index (χ2n) is 12.6. The molecule has 50 heavy (non-hydrogen) atoms. The fraction of sp³-hybridized carbons (Fsp3) is 0.114. The molecule has 0 saturated carbocycles. The van der Waals surface area contributed by atoms with E-state index in [9.17, 15) is 4.79 Å². The fourth-order valence-corrected chi connectivity index (χ4v) is 7.65. The fourth-order valence-electron chi connectivity index (χ4n) is 7.65. The van der Waals surface area contributed by atoms with Crippen molar-refractivity contribution in [3.05, 3.63) is 214 Å². The Bertz CT molecular complexity index is 2290. The Balaban J connectivity index is 1.29. The van der Waals surface area contributed by atoms with E-state index < -0.39 is 11.1 Å². The average molecular weight is 650 g/mol. The summed E-state index contributed by atoms with van der Waals surface area (Å²) in [7, 11) is 0. The molecule has 0 bridgehead atoms. The molecule has 2 heterocycles. The zero-order chi connectivity index (χ0) is 34.0. The van der Waals surface area contributed by atoms with E-state index in [4.69, 9.17) is 10.2 Å². The zero-order valence-corrected chi connectivity index (χ0v) is 27.7. The second kappa shape index (κ2) is 13.0. The maximum atomic E-state index is 13.6. The summed E-state index contributed by atoms with van der Waals surface area (Å²) in [5, 5.41) is 20.2. The van der Waals surface area contributed by atoms with Crippen molar-refractivity contribution in [1.82, 2.24) is 4.57 Å². The third-order valence-corrected chi connectivity index (χ3v) is 9.94. The summed E-state index contributed by atoms with van der Waals surface area (Å²) in [6, 6.07) is 58.0. The Morgan fingerprint density at radius 3 is 1.70 bits per heavy atom. The molecule has 6 heteroatoms. The second-order valence-corrected chi connectivity index (χ2v) is 12.6. The highest BCUT2D eigenvalue weighted by molar-refractivity contribution is 5.82. The summed E-state index contributed by atoms with van der Waals surface area (Å²) >= 11 is 0. The van der Waals surface area contributed by atoms with E-state index >= 15 is 0 Å². The van der Waals surface area contributed by atoms with Gasteiger partial charge in [0.1, 0.15) is 0 Å². The Kier molecular flexibility index (Phi) is 8.05. The Labute approximate surface area is 291 Å². The van der Waals surface area contributed by atoms with Crippen LogP contribution >= 0.6 is 0 Å². The molecule has 0 aliphatic carbocycles. The lowest BCUT2D eigenvalue weighted by atomic mass is 9.59. The first-order valence-electron chi connectivity index (χ1n) is 17.0. The topological polar surface area (TPSA) is 71.4 Å². The quantitative estimate of drug-likeness (QED) is 0.143. The first-order chi connectivity index (χ1) is 24.7. The number of rotatable bonds is 9. The molecule has 6 nitrogen and oxygen atoms in total. The van der Waals surface area contributed by atoms with Gasteiger partial charge in [-0.3, -0.25) is 4.79 Å². The number of pyridine rings is 1. The van der Waals surface area contributed by atoms with Gasteiger partial charge in [-0.1, -0.05) is 165 Å². The van der Waals surface area contributed by atoms with E-state index in [1.807, 2.05) is 59.2 Å². The molecule has 8 rings (SSSR count). The maximum Gasteiger partial charge on any atom is 0.258 e. The Morgan fingerprint density at radius 1 is 0.600 bits per heavy atom. The van der Waals surface area contributed by atoms with Crippen LogP contribution in [-0.4, -0.2) is 4.57 Å². The number of aryl methyl sites for hydroxylation is 1. The molecule has 0 spiro atoms. The molecule has 0 radical (unpaired) electrons. The van der Waals surface area contributed by atoms with Crippen LogP contribution < -0.4 is 5.56 Å². The molecule has 1 aliphatic heterocycles. The van der Waals surface area contributed by atoms with Crippen molar-refractivity contribution in [2.75, 3.05) is 0 Å². The minimum absolute atomic E-state index is 0.0346. The first kappa shape index (κ1) is 31.0.